The van der Waals surface area contributed by atoms with Gasteiger partial charge in [-0.2, -0.15) is 0 Å². The van der Waals surface area contributed by atoms with Gasteiger partial charge in [-0.15, -0.1) is 0 Å². The third kappa shape index (κ3) is 1.50. The summed E-state index contributed by atoms with van der Waals surface area (Å²) < 4.78 is 0. The normalized spacial score (nSPS) is 12.2. The van der Waals surface area contributed by atoms with E-state index in [2.05, 4.69) is 10.3 Å². The van der Waals surface area contributed by atoms with Crippen LogP contribution in [0.25, 0.3) is 10.8 Å². The topological polar surface area (TPSA) is 111 Å². The van der Waals surface area contributed by atoms with Gasteiger partial charge in [0.1, 0.15) is 0 Å². The summed E-state index contributed by atoms with van der Waals surface area (Å²) >= 11 is 0. The van der Waals surface area contributed by atoms with E-state index in [1.807, 2.05) is 0 Å². The van der Waals surface area contributed by atoms with Gasteiger partial charge in [0.2, 0.25) is 0 Å². The highest BCUT2D eigenvalue weighted by atomic mass is 16.6. The zero-order chi connectivity index (χ0) is 13.6. The molecule has 8 heteroatoms. The molecule has 1 aliphatic heterocycles. The number of hydrogen-bond acceptors (Lipinski definition) is 6. The predicted octanol–water partition coefficient (Wildman–Crippen LogP) is 2.74. The van der Waals surface area contributed by atoms with Gasteiger partial charge in [0, 0.05) is 11.1 Å². The maximum Gasteiger partial charge on any atom is 0.302 e. The lowest BCUT2D eigenvalue weighted by molar-refractivity contribution is -0.392. The number of nitrogens with zero attached hydrogens (tertiary/aromatic N) is 3. The van der Waals surface area contributed by atoms with Crippen LogP contribution in [0.1, 0.15) is 0 Å². The molecule has 0 atom stereocenters. The molecule has 8 nitrogen and oxygen atoms in total. The third-order valence-electron chi connectivity index (χ3n) is 2.90. The fraction of sp³-hybridized carbons (Fsp3) is 0. The van der Waals surface area contributed by atoms with Gasteiger partial charge in [-0.3, -0.25) is 20.2 Å². The third-order valence-corrected chi connectivity index (χ3v) is 2.90. The quantitative estimate of drug-likeness (QED) is 0.657. The van der Waals surface area contributed by atoms with Crippen LogP contribution in [0.15, 0.2) is 29.3 Å². The molecule has 94 valence electrons. The summed E-state index contributed by atoms with van der Waals surface area (Å²) in [7, 11) is 0. The van der Waals surface area contributed by atoms with Crippen LogP contribution in [-0.2, 0) is 0 Å². The van der Waals surface area contributed by atoms with Crippen molar-refractivity contribution in [1.29, 1.82) is 0 Å². The minimum atomic E-state index is -0.665. The molecule has 0 saturated heterocycles. The monoisotopic (exact) mass is 258 g/mol. The number of nitro benzene ring substituents is 2. The van der Waals surface area contributed by atoms with Crippen molar-refractivity contribution in [2.75, 3.05) is 5.32 Å². The van der Waals surface area contributed by atoms with Crippen LogP contribution in [0, 0.1) is 20.2 Å². The molecule has 2 aromatic rings. The maximum absolute atomic E-state index is 11.0. The first-order chi connectivity index (χ1) is 9.09. The van der Waals surface area contributed by atoms with Crippen molar-refractivity contribution in [3.8, 4) is 0 Å². The van der Waals surface area contributed by atoms with E-state index in [4.69, 9.17) is 0 Å². The first-order valence-corrected chi connectivity index (χ1v) is 5.27. The molecule has 1 N–H and O–H groups in total. The number of non-ortho nitro benzene ring substituents is 1. The average Bonchev–Trinajstić information content (AvgIpc) is 2.39. The SMILES string of the molecule is O=[N+]([O-])c1cc([N+](=O)[O-])c2cccc3c2c1N=CN3. The minimum Gasteiger partial charge on any atom is -0.346 e. The molecule has 0 fully saturated rings. The number of rotatable bonds is 2. The van der Waals surface area contributed by atoms with Crippen LogP contribution >= 0.6 is 0 Å². The second-order valence-electron chi connectivity index (χ2n) is 3.91. The van der Waals surface area contributed by atoms with E-state index >= 15 is 0 Å². The van der Waals surface area contributed by atoms with Gasteiger partial charge in [0.25, 0.3) is 5.69 Å². The molecule has 0 aliphatic carbocycles. The van der Waals surface area contributed by atoms with Crippen molar-refractivity contribution in [2.24, 2.45) is 4.99 Å². The Balaban J connectivity index is 2.54. The molecule has 0 bridgehead atoms. The Morgan fingerprint density at radius 2 is 1.84 bits per heavy atom. The van der Waals surface area contributed by atoms with Gasteiger partial charge in [-0.1, -0.05) is 6.07 Å². The van der Waals surface area contributed by atoms with Gasteiger partial charge in [0.05, 0.1) is 27.6 Å². The molecule has 0 aromatic heterocycles. The van der Waals surface area contributed by atoms with Crippen molar-refractivity contribution >= 4 is 39.9 Å². The van der Waals surface area contributed by atoms with Gasteiger partial charge in [0.15, 0.2) is 5.69 Å². The van der Waals surface area contributed by atoms with Crippen molar-refractivity contribution in [2.45, 2.75) is 0 Å². The second-order valence-corrected chi connectivity index (χ2v) is 3.91. The van der Waals surface area contributed by atoms with Crippen LogP contribution in [-0.4, -0.2) is 16.2 Å². The molecule has 3 rings (SSSR count). The first kappa shape index (κ1) is 11.1. The smallest absolute Gasteiger partial charge is 0.302 e. The number of nitrogens with one attached hydrogen (secondary N) is 1. The van der Waals surface area contributed by atoms with Crippen molar-refractivity contribution in [3.63, 3.8) is 0 Å². The summed E-state index contributed by atoms with van der Waals surface area (Å²) in [6.07, 6.45) is 1.33. The van der Waals surface area contributed by atoms with Gasteiger partial charge in [-0.05, 0) is 12.1 Å². The zero-order valence-electron chi connectivity index (χ0n) is 9.36. The van der Waals surface area contributed by atoms with Crippen LogP contribution in [0.2, 0.25) is 0 Å². The van der Waals surface area contributed by atoms with Crippen LogP contribution in [0.4, 0.5) is 22.7 Å². The Morgan fingerprint density at radius 3 is 2.53 bits per heavy atom. The molecule has 19 heavy (non-hydrogen) atoms. The fourth-order valence-corrected chi connectivity index (χ4v) is 2.13. The number of aliphatic imine (C=N–C) groups is 1. The van der Waals surface area contributed by atoms with Crippen LogP contribution in [0.3, 0.4) is 0 Å². The van der Waals surface area contributed by atoms with E-state index in [1.165, 1.54) is 6.34 Å². The van der Waals surface area contributed by atoms with Crippen molar-refractivity contribution in [1.82, 2.24) is 0 Å². The molecule has 1 aliphatic rings. The Hall–Kier alpha value is -3.03. The maximum atomic E-state index is 11.0. The Morgan fingerprint density at radius 1 is 1.11 bits per heavy atom. The summed E-state index contributed by atoms with van der Waals surface area (Å²) in [5, 5.41) is 25.6. The van der Waals surface area contributed by atoms with E-state index in [0.29, 0.717) is 16.5 Å². The van der Waals surface area contributed by atoms with E-state index < -0.39 is 9.85 Å². The summed E-state index contributed by atoms with van der Waals surface area (Å²) in [4.78, 5) is 24.7. The molecule has 2 aromatic carbocycles. The molecule has 1 heterocycles. The van der Waals surface area contributed by atoms with E-state index in [9.17, 15) is 20.2 Å². The van der Waals surface area contributed by atoms with Crippen molar-refractivity contribution < 1.29 is 9.85 Å². The largest absolute Gasteiger partial charge is 0.346 e. The van der Waals surface area contributed by atoms with Gasteiger partial charge in [-0.25, -0.2) is 4.99 Å². The van der Waals surface area contributed by atoms with E-state index in [0.717, 1.165) is 6.07 Å². The second kappa shape index (κ2) is 3.73. The summed E-state index contributed by atoms with van der Waals surface area (Å²) in [5.74, 6) is 0. The Kier molecular flexibility index (Phi) is 2.18. The average molecular weight is 258 g/mol. The highest BCUT2D eigenvalue weighted by molar-refractivity contribution is 6.14. The van der Waals surface area contributed by atoms with E-state index in [-0.39, 0.29) is 17.1 Å². The van der Waals surface area contributed by atoms with Gasteiger partial charge < -0.3 is 5.32 Å². The summed E-state index contributed by atoms with van der Waals surface area (Å²) in [5.41, 5.74) is 0.0323. The first-order valence-electron chi connectivity index (χ1n) is 5.27. The van der Waals surface area contributed by atoms with E-state index in [1.54, 1.807) is 18.2 Å². The lowest BCUT2D eigenvalue weighted by Crippen LogP contribution is -2.03. The minimum absolute atomic E-state index is 0.139. The number of benzene rings is 2. The zero-order valence-corrected chi connectivity index (χ0v) is 9.36. The van der Waals surface area contributed by atoms with Crippen molar-refractivity contribution in [3.05, 3.63) is 44.5 Å². The molecule has 0 unspecified atom stereocenters. The number of hydrogen-bond donors (Lipinski definition) is 1. The summed E-state index contributed by atoms with van der Waals surface area (Å²) in [6, 6.07) is 5.83. The summed E-state index contributed by atoms with van der Waals surface area (Å²) in [6.45, 7) is 0. The lowest BCUT2D eigenvalue weighted by atomic mass is 10.0. The lowest BCUT2D eigenvalue weighted by Gasteiger charge is -2.13. The predicted molar refractivity (Wildman–Crippen MR) is 69.0 cm³/mol. The molecule has 0 radical (unpaired) electrons. The Labute approximate surface area is 105 Å². The molecule has 0 spiro atoms. The number of anilines is 1. The highest BCUT2D eigenvalue weighted by Gasteiger charge is 2.27. The molecular weight excluding hydrogens is 252 g/mol. The highest BCUT2D eigenvalue weighted by Crippen LogP contribution is 2.45. The number of nitro groups is 2. The Bertz CT molecular complexity index is 769. The molecule has 0 amide bonds. The van der Waals surface area contributed by atoms with Gasteiger partial charge >= 0.3 is 5.69 Å². The molecule has 0 saturated carbocycles. The van der Waals surface area contributed by atoms with Crippen LogP contribution in [0.5, 0.6) is 0 Å². The van der Waals surface area contributed by atoms with Crippen LogP contribution < -0.4 is 5.32 Å². The standard InChI is InChI=1S/C11H6N4O4/c16-14(17)8-4-9(15(18)19)11-10-6(8)2-1-3-7(10)12-5-13-11/h1-5H,(H,12,13). The molecular formula is C11H6N4O4. The fourth-order valence-electron chi connectivity index (χ4n) is 2.13.